The maximum Gasteiger partial charge on any atom is 0.234 e. The van der Waals surface area contributed by atoms with Crippen molar-refractivity contribution in [3.8, 4) is 0 Å². The lowest BCUT2D eigenvalue weighted by molar-refractivity contribution is -0.123. The predicted molar refractivity (Wildman–Crippen MR) is 84.2 cm³/mol. The summed E-state index contributed by atoms with van der Waals surface area (Å²) in [5, 5.41) is 6.09. The van der Waals surface area contributed by atoms with E-state index in [1.165, 1.54) is 6.92 Å². The number of nitrogens with one attached hydrogen (secondary N) is 2. The molecule has 0 heterocycles. The van der Waals surface area contributed by atoms with Crippen LogP contribution in [0.2, 0.25) is 5.02 Å². The number of carbonyl (C=O) groups excluding carboxylic acids is 2. The number of hydrogen-bond acceptors (Lipinski definition) is 3. The second kappa shape index (κ2) is 8.64. The van der Waals surface area contributed by atoms with Crippen molar-refractivity contribution in [3.05, 3.63) is 34.9 Å². The standard InChI is InChI=1S/C15H22ClN3O2/c1-11(13-4-6-14(16)7-5-13)19(3)10-15(21)18-9-8-17-12(2)20/h4-7,11H,8-10H2,1-3H3,(H,17,20)(H,18,21). The van der Waals surface area contributed by atoms with Gasteiger partial charge in [-0.15, -0.1) is 0 Å². The average molecular weight is 312 g/mol. The van der Waals surface area contributed by atoms with Crippen LogP contribution in [0.1, 0.15) is 25.5 Å². The first-order valence-electron chi connectivity index (χ1n) is 6.87. The minimum atomic E-state index is -0.0993. The summed E-state index contributed by atoms with van der Waals surface area (Å²) in [4.78, 5) is 24.5. The van der Waals surface area contributed by atoms with Crippen LogP contribution in [-0.2, 0) is 9.59 Å². The highest BCUT2D eigenvalue weighted by molar-refractivity contribution is 6.30. The average Bonchev–Trinajstić information content (AvgIpc) is 2.43. The lowest BCUT2D eigenvalue weighted by atomic mass is 10.1. The Kier molecular flexibility index (Phi) is 7.19. The fourth-order valence-electron chi connectivity index (χ4n) is 1.86. The van der Waals surface area contributed by atoms with Gasteiger partial charge in [0, 0.05) is 31.1 Å². The minimum Gasteiger partial charge on any atom is -0.355 e. The second-order valence-corrected chi connectivity index (χ2v) is 5.41. The zero-order chi connectivity index (χ0) is 15.8. The fraction of sp³-hybridized carbons (Fsp3) is 0.467. The van der Waals surface area contributed by atoms with E-state index in [1.807, 2.05) is 43.1 Å². The van der Waals surface area contributed by atoms with Crippen molar-refractivity contribution in [2.45, 2.75) is 19.9 Å². The molecule has 0 fully saturated rings. The summed E-state index contributed by atoms with van der Waals surface area (Å²) in [5.41, 5.74) is 1.10. The van der Waals surface area contributed by atoms with Crippen LogP contribution in [0.5, 0.6) is 0 Å². The van der Waals surface area contributed by atoms with E-state index < -0.39 is 0 Å². The molecule has 6 heteroatoms. The molecule has 116 valence electrons. The highest BCUT2D eigenvalue weighted by Crippen LogP contribution is 2.20. The Morgan fingerprint density at radius 3 is 2.33 bits per heavy atom. The third-order valence-electron chi connectivity index (χ3n) is 3.23. The molecule has 1 aromatic rings. The number of benzene rings is 1. The number of amides is 2. The highest BCUT2D eigenvalue weighted by atomic mass is 35.5. The van der Waals surface area contributed by atoms with Gasteiger partial charge in [0.2, 0.25) is 11.8 Å². The summed E-state index contributed by atoms with van der Waals surface area (Å²) >= 11 is 5.87. The molecule has 0 spiro atoms. The molecule has 2 amide bonds. The Bertz CT molecular complexity index is 476. The lowest BCUT2D eigenvalue weighted by Crippen LogP contribution is -2.39. The van der Waals surface area contributed by atoms with Gasteiger partial charge in [-0.2, -0.15) is 0 Å². The number of likely N-dealkylation sites (N-methyl/N-ethyl adjacent to an activating group) is 1. The first-order chi connectivity index (χ1) is 9.90. The van der Waals surface area contributed by atoms with Crippen molar-refractivity contribution in [3.63, 3.8) is 0 Å². The summed E-state index contributed by atoms with van der Waals surface area (Å²) in [5.74, 6) is -0.165. The summed E-state index contributed by atoms with van der Waals surface area (Å²) < 4.78 is 0. The molecule has 0 aliphatic heterocycles. The molecule has 0 radical (unpaired) electrons. The Labute approximate surface area is 130 Å². The van der Waals surface area contributed by atoms with Crippen LogP contribution in [0.25, 0.3) is 0 Å². The van der Waals surface area contributed by atoms with Gasteiger partial charge < -0.3 is 10.6 Å². The minimum absolute atomic E-state index is 0.0661. The van der Waals surface area contributed by atoms with Gasteiger partial charge in [0.25, 0.3) is 0 Å². The molecule has 1 rings (SSSR count). The number of nitrogens with zero attached hydrogens (tertiary/aromatic N) is 1. The third-order valence-corrected chi connectivity index (χ3v) is 3.48. The van der Waals surface area contributed by atoms with Gasteiger partial charge in [0.05, 0.1) is 6.54 Å². The molecule has 0 aliphatic carbocycles. The van der Waals surface area contributed by atoms with Crippen LogP contribution >= 0.6 is 11.6 Å². The third kappa shape index (κ3) is 6.60. The van der Waals surface area contributed by atoms with Crippen LogP contribution in [0.3, 0.4) is 0 Å². The zero-order valence-corrected chi connectivity index (χ0v) is 13.4. The highest BCUT2D eigenvalue weighted by Gasteiger charge is 2.14. The predicted octanol–water partition coefficient (Wildman–Crippen LogP) is 1.59. The van der Waals surface area contributed by atoms with E-state index in [9.17, 15) is 9.59 Å². The number of halogens is 1. The first kappa shape index (κ1) is 17.5. The van der Waals surface area contributed by atoms with E-state index in [4.69, 9.17) is 11.6 Å². The SMILES string of the molecule is CC(=O)NCCNC(=O)CN(C)C(C)c1ccc(Cl)cc1. The monoisotopic (exact) mass is 311 g/mol. The molecule has 2 N–H and O–H groups in total. The van der Waals surface area contributed by atoms with Gasteiger partial charge >= 0.3 is 0 Å². The van der Waals surface area contributed by atoms with Gasteiger partial charge in [-0.25, -0.2) is 0 Å². The van der Waals surface area contributed by atoms with E-state index in [-0.39, 0.29) is 17.9 Å². The maximum atomic E-state index is 11.8. The summed E-state index contributed by atoms with van der Waals surface area (Å²) in [6.07, 6.45) is 0. The quantitative estimate of drug-likeness (QED) is 0.752. The van der Waals surface area contributed by atoms with E-state index in [1.54, 1.807) is 0 Å². The molecule has 1 unspecified atom stereocenters. The summed E-state index contributed by atoms with van der Waals surface area (Å²) in [7, 11) is 1.90. The molecule has 0 saturated heterocycles. The van der Waals surface area contributed by atoms with E-state index in [0.717, 1.165) is 5.56 Å². The van der Waals surface area contributed by atoms with Crippen LogP contribution in [0, 0.1) is 0 Å². The molecule has 1 atom stereocenters. The maximum absolute atomic E-state index is 11.8. The van der Waals surface area contributed by atoms with Crippen LogP contribution in [0.4, 0.5) is 0 Å². The van der Waals surface area contributed by atoms with Crippen molar-refractivity contribution >= 4 is 23.4 Å². The molecular weight excluding hydrogens is 290 g/mol. The summed E-state index contributed by atoms with van der Waals surface area (Å²) in [6.45, 7) is 4.65. The van der Waals surface area contributed by atoms with E-state index >= 15 is 0 Å². The number of hydrogen-bond donors (Lipinski definition) is 2. The van der Waals surface area contributed by atoms with Gasteiger partial charge in [0.15, 0.2) is 0 Å². The smallest absolute Gasteiger partial charge is 0.234 e. The van der Waals surface area contributed by atoms with Crippen molar-refractivity contribution in [2.75, 3.05) is 26.7 Å². The fourth-order valence-corrected chi connectivity index (χ4v) is 1.98. The van der Waals surface area contributed by atoms with Crippen LogP contribution in [-0.4, -0.2) is 43.4 Å². The van der Waals surface area contributed by atoms with Crippen LogP contribution < -0.4 is 10.6 Å². The molecule has 5 nitrogen and oxygen atoms in total. The van der Waals surface area contributed by atoms with E-state index in [2.05, 4.69) is 10.6 Å². The Morgan fingerprint density at radius 1 is 1.19 bits per heavy atom. The molecule has 21 heavy (non-hydrogen) atoms. The Balaban J connectivity index is 2.37. The normalized spacial score (nSPS) is 12.0. The Hall–Kier alpha value is -1.59. The molecule has 0 aliphatic rings. The van der Waals surface area contributed by atoms with Crippen molar-refractivity contribution in [2.24, 2.45) is 0 Å². The summed E-state index contributed by atoms with van der Waals surface area (Å²) in [6, 6.07) is 7.71. The van der Waals surface area contributed by atoms with Gasteiger partial charge in [0.1, 0.15) is 0 Å². The lowest BCUT2D eigenvalue weighted by Gasteiger charge is -2.24. The Morgan fingerprint density at radius 2 is 1.76 bits per heavy atom. The van der Waals surface area contributed by atoms with Gasteiger partial charge in [-0.3, -0.25) is 14.5 Å². The molecule has 0 aromatic heterocycles. The van der Waals surface area contributed by atoms with Gasteiger partial charge in [-0.1, -0.05) is 23.7 Å². The van der Waals surface area contributed by atoms with Crippen LogP contribution in [0.15, 0.2) is 24.3 Å². The molecule has 0 saturated carbocycles. The zero-order valence-electron chi connectivity index (χ0n) is 12.6. The number of rotatable bonds is 7. The van der Waals surface area contributed by atoms with Gasteiger partial charge in [-0.05, 0) is 31.7 Å². The first-order valence-corrected chi connectivity index (χ1v) is 7.24. The molecular formula is C15H22ClN3O2. The topological polar surface area (TPSA) is 61.4 Å². The molecule has 0 bridgehead atoms. The number of carbonyl (C=O) groups is 2. The second-order valence-electron chi connectivity index (χ2n) is 4.98. The molecule has 1 aromatic carbocycles. The van der Waals surface area contributed by atoms with Crippen molar-refractivity contribution < 1.29 is 9.59 Å². The van der Waals surface area contributed by atoms with Crippen molar-refractivity contribution in [1.82, 2.24) is 15.5 Å². The van der Waals surface area contributed by atoms with Crippen molar-refractivity contribution in [1.29, 1.82) is 0 Å². The van der Waals surface area contributed by atoms with E-state index in [0.29, 0.717) is 24.7 Å². The largest absolute Gasteiger partial charge is 0.355 e.